The number of likely N-dealkylation sites (tertiary alicyclic amines) is 1. The molecule has 0 bridgehead atoms. The highest BCUT2D eigenvalue weighted by molar-refractivity contribution is 5.80. The quantitative estimate of drug-likeness (QED) is 0.730. The first kappa shape index (κ1) is 10.9. The molecule has 5 heteroatoms. The molecule has 1 unspecified atom stereocenters. The Hall–Kier alpha value is -1.13. The molecule has 0 aromatic rings. The van der Waals surface area contributed by atoms with Gasteiger partial charge in [0.05, 0.1) is 13.1 Å². The highest BCUT2D eigenvalue weighted by Gasteiger charge is 2.25. The van der Waals surface area contributed by atoms with Crippen LogP contribution in [0, 0.1) is 5.92 Å². The minimum atomic E-state index is -0.973. The van der Waals surface area contributed by atoms with Gasteiger partial charge in [-0.15, -0.1) is 0 Å². The number of carboxylic acid groups (broad SMARTS) is 1. The lowest BCUT2D eigenvalue weighted by molar-refractivity contribution is -0.140. The molecule has 1 atom stereocenters. The fourth-order valence-electron chi connectivity index (χ4n) is 1.56. The van der Waals surface area contributed by atoms with Crippen molar-refractivity contribution in [3.63, 3.8) is 0 Å². The van der Waals surface area contributed by atoms with E-state index in [-0.39, 0.29) is 24.7 Å². The fourth-order valence-corrected chi connectivity index (χ4v) is 1.56. The van der Waals surface area contributed by atoms with Crippen molar-refractivity contribution in [3.8, 4) is 0 Å². The number of hydrogen-bond donors (Lipinski definition) is 1. The van der Waals surface area contributed by atoms with Crippen molar-refractivity contribution in [2.45, 2.75) is 19.3 Å². The van der Waals surface area contributed by atoms with Crippen LogP contribution in [-0.4, -0.2) is 41.6 Å². The second-order valence-corrected chi connectivity index (χ2v) is 3.54. The number of hydrogen-bond acceptors (Lipinski definition) is 2. The molecule has 1 N–H and O–H groups in total. The Kier molecular flexibility index (Phi) is 3.85. The van der Waals surface area contributed by atoms with Gasteiger partial charge < -0.3 is 10.0 Å². The summed E-state index contributed by atoms with van der Waals surface area (Å²) in [4.78, 5) is 23.1. The number of amides is 1. The first-order chi connectivity index (χ1) is 6.63. The molecule has 0 spiro atoms. The molecular weight excluding hydrogens is 189 g/mol. The summed E-state index contributed by atoms with van der Waals surface area (Å²) >= 11 is 0. The summed E-state index contributed by atoms with van der Waals surface area (Å²) in [6.45, 7) is 0.602. The number of halogens is 1. The zero-order chi connectivity index (χ0) is 10.6. The average Bonchev–Trinajstić information content (AvgIpc) is 2.62. The van der Waals surface area contributed by atoms with Crippen LogP contribution in [0.4, 0.5) is 4.39 Å². The number of alkyl halides is 1. The summed E-state index contributed by atoms with van der Waals surface area (Å²) in [7, 11) is 0. The molecule has 80 valence electrons. The van der Waals surface area contributed by atoms with Crippen LogP contribution in [0.3, 0.4) is 0 Å². The molecule has 4 nitrogen and oxygen atoms in total. The van der Waals surface area contributed by atoms with E-state index in [4.69, 9.17) is 5.11 Å². The number of aliphatic carboxylic acids is 1. The van der Waals surface area contributed by atoms with Gasteiger partial charge in [-0.1, -0.05) is 0 Å². The third-order valence-electron chi connectivity index (χ3n) is 2.41. The third-order valence-corrected chi connectivity index (χ3v) is 2.41. The van der Waals surface area contributed by atoms with Crippen LogP contribution in [-0.2, 0) is 9.59 Å². The molecule has 1 rings (SSSR count). The first-order valence-electron chi connectivity index (χ1n) is 4.69. The Morgan fingerprint density at radius 1 is 1.43 bits per heavy atom. The minimum Gasteiger partial charge on any atom is -0.481 e. The Labute approximate surface area is 81.7 Å². The van der Waals surface area contributed by atoms with E-state index < -0.39 is 12.6 Å². The number of nitrogens with zero attached hydrogens (tertiary/aromatic N) is 1. The lowest BCUT2D eigenvalue weighted by Gasteiger charge is -2.14. The van der Waals surface area contributed by atoms with Crippen molar-refractivity contribution in [1.82, 2.24) is 4.90 Å². The standard InChI is InChI=1S/C9H14FNO3/c10-5-7-3-4-11(6-7)8(12)1-2-9(13)14/h7H,1-6H2,(H,13,14). The molecule has 1 aliphatic rings. The molecule has 1 amide bonds. The van der Waals surface area contributed by atoms with Crippen LogP contribution in [0.25, 0.3) is 0 Å². The Morgan fingerprint density at radius 2 is 2.14 bits per heavy atom. The normalized spacial score (nSPS) is 21.2. The molecule has 0 aromatic carbocycles. The molecule has 1 fully saturated rings. The lowest BCUT2D eigenvalue weighted by atomic mass is 10.1. The van der Waals surface area contributed by atoms with Gasteiger partial charge in [-0.2, -0.15) is 0 Å². The maximum Gasteiger partial charge on any atom is 0.303 e. The van der Waals surface area contributed by atoms with Crippen molar-refractivity contribution in [1.29, 1.82) is 0 Å². The lowest BCUT2D eigenvalue weighted by Crippen LogP contribution is -2.29. The van der Waals surface area contributed by atoms with Gasteiger partial charge >= 0.3 is 5.97 Å². The van der Waals surface area contributed by atoms with Gasteiger partial charge in [-0.05, 0) is 6.42 Å². The van der Waals surface area contributed by atoms with Crippen LogP contribution in [0.5, 0.6) is 0 Å². The van der Waals surface area contributed by atoms with E-state index in [2.05, 4.69) is 0 Å². The minimum absolute atomic E-state index is 0.0222. The van der Waals surface area contributed by atoms with Gasteiger partial charge in [0.15, 0.2) is 0 Å². The molecule has 1 saturated heterocycles. The third kappa shape index (κ3) is 2.97. The van der Waals surface area contributed by atoms with E-state index in [9.17, 15) is 14.0 Å². The van der Waals surface area contributed by atoms with Gasteiger partial charge in [0.1, 0.15) is 0 Å². The molecule has 0 radical (unpaired) electrons. The van der Waals surface area contributed by atoms with Crippen LogP contribution in [0.1, 0.15) is 19.3 Å². The van der Waals surface area contributed by atoms with Gasteiger partial charge in [0.25, 0.3) is 0 Å². The number of carboxylic acids is 1. The second kappa shape index (κ2) is 4.93. The van der Waals surface area contributed by atoms with Crippen LogP contribution >= 0.6 is 0 Å². The van der Waals surface area contributed by atoms with E-state index in [0.717, 1.165) is 0 Å². The molecule has 1 heterocycles. The van der Waals surface area contributed by atoms with Crippen molar-refractivity contribution in [2.75, 3.05) is 19.8 Å². The second-order valence-electron chi connectivity index (χ2n) is 3.54. The fraction of sp³-hybridized carbons (Fsp3) is 0.778. The Balaban J connectivity index is 2.28. The van der Waals surface area contributed by atoms with Gasteiger partial charge in [0.2, 0.25) is 5.91 Å². The maximum absolute atomic E-state index is 12.2. The topological polar surface area (TPSA) is 57.6 Å². The Morgan fingerprint density at radius 3 is 2.64 bits per heavy atom. The summed E-state index contributed by atoms with van der Waals surface area (Å²) < 4.78 is 12.2. The van der Waals surface area contributed by atoms with Crippen molar-refractivity contribution >= 4 is 11.9 Å². The largest absolute Gasteiger partial charge is 0.481 e. The van der Waals surface area contributed by atoms with Crippen molar-refractivity contribution < 1.29 is 19.1 Å². The monoisotopic (exact) mass is 203 g/mol. The summed E-state index contributed by atoms with van der Waals surface area (Å²) in [6, 6.07) is 0. The van der Waals surface area contributed by atoms with E-state index in [1.54, 1.807) is 4.90 Å². The van der Waals surface area contributed by atoms with E-state index in [1.807, 2.05) is 0 Å². The summed E-state index contributed by atoms with van der Waals surface area (Å²) in [5.41, 5.74) is 0. The van der Waals surface area contributed by atoms with Crippen molar-refractivity contribution in [2.24, 2.45) is 5.92 Å². The predicted octanol–water partition coefficient (Wildman–Crippen LogP) is 0.669. The number of carbonyl (C=O) groups is 2. The molecule has 14 heavy (non-hydrogen) atoms. The van der Waals surface area contributed by atoms with Gasteiger partial charge in [-0.3, -0.25) is 14.0 Å². The molecule has 0 aromatic heterocycles. The van der Waals surface area contributed by atoms with Crippen LogP contribution < -0.4 is 0 Å². The average molecular weight is 203 g/mol. The number of rotatable bonds is 4. The summed E-state index contributed by atoms with van der Waals surface area (Å²) in [6.07, 6.45) is 0.569. The highest BCUT2D eigenvalue weighted by Crippen LogP contribution is 2.17. The predicted molar refractivity (Wildman–Crippen MR) is 47.5 cm³/mol. The first-order valence-corrected chi connectivity index (χ1v) is 4.69. The van der Waals surface area contributed by atoms with E-state index >= 15 is 0 Å². The van der Waals surface area contributed by atoms with Gasteiger partial charge in [0, 0.05) is 25.4 Å². The van der Waals surface area contributed by atoms with Crippen molar-refractivity contribution in [3.05, 3.63) is 0 Å². The Bertz CT molecular complexity index is 232. The van der Waals surface area contributed by atoms with Crippen LogP contribution in [0.15, 0.2) is 0 Å². The van der Waals surface area contributed by atoms with Gasteiger partial charge in [-0.25, -0.2) is 0 Å². The highest BCUT2D eigenvalue weighted by atomic mass is 19.1. The molecular formula is C9H14FNO3. The maximum atomic E-state index is 12.2. The SMILES string of the molecule is O=C(O)CCC(=O)N1CCC(CF)C1. The van der Waals surface area contributed by atoms with E-state index in [1.165, 1.54) is 0 Å². The zero-order valence-corrected chi connectivity index (χ0v) is 7.91. The molecule has 0 aliphatic carbocycles. The summed E-state index contributed by atoms with van der Waals surface area (Å²) in [5, 5.41) is 8.37. The smallest absolute Gasteiger partial charge is 0.303 e. The zero-order valence-electron chi connectivity index (χ0n) is 7.91. The number of carbonyl (C=O) groups excluding carboxylic acids is 1. The van der Waals surface area contributed by atoms with Crippen LogP contribution in [0.2, 0.25) is 0 Å². The molecule has 1 aliphatic heterocycles. The molecule has 0 saturated carbocycles. The summed E-state index contributed by atoms with van der Waals surface area (Å²) in [5.74, 6) is -1.20. The van der Waals surface area contributed by atoms with E-state index in [0.29, 0.717) is 19.5 Å².